The summed E-state index contributed by atoms with van der Waals surface area (Å²) < 4.78 is 15.1. The van der Waals surface area contributed by atoms with Crippen LogP contribution in [0.5, 0.6) is 0 Å². The highest BCUT2D eigenvalue weighted by Crippen LogP contribution is 2.55. The summed E-state index contributed by atoms with van der Waals surface area (Å²) in [6.07, 6.45) is 0. The predicted molar refractivity (Wildman–Crippen MR) is 82.9 cm³/mol. The number of anilines is 1. The van der Waals surface area contributed by atoms with E-state index >= 15 is 0 Å². The van der Waals surface area contributed by atoms with E-state index in [0.29, 0.717) is 0 Å². The second-order valence-corrected chi connectivity index (χ2v) is 8.28. The minimum atomic E-state index is -2.51. The maximum absolute atomic E-state index is 13.1. The van der Waals surface area contributed by atoms with Crippen LogP contribution >= 0.6 is 7.29 Å². The van der Waals surface area contributed by atoms with Crippen molar-refractivity contribution in [3.05, 3.63) is 47.5 Å². The Balaban J connectivity index is 2.40. The van der Waals surface area contributed by atoms with Crippen LogP contribution in [-0.4, -0.2) is 13.7 Å². The molecule has 98 valence electrons. The lowest BCUT2D eigenvalue weighted by atomic mass is 10.0. The van der Waals surface area contributed by atoms with Crippen LogP contribution in [0.15, 0.2) is 36.4 Å². The van der Waals surface area contributed by atoms with E-state index in [1.807, 2.05) is 25.3 Å². The molecule has 0 aliphatic carbocycles. The van der Waals surface area contributed by atoms with Crippen molar-refractivity contribution in [2.75, 3.05) is 18.4 Å². The fourth-order valence-corrected chi connectivity index (χ4v) is 4.70. The Morgan fingerprint density at radius 2 is 1.53 bits per heavy atom. The second kappa shape index (κ2) is 3.98. The highest BCUT2D eigenvalue weighted by molar-refractivity contribution is 7.72. The third kappa shape index (κ3) is 1.74. The van der Waals surface area contributed by atoms with Crippen molar-refractivity contribution in [3.63, 3.8) is 0 Å². The standard InChI is InChI=1S/C16H18NOP/c1-11-5-7-13-14-8-6-12(2)10-16(14)19(4,18)17(3)15(13)9-11/h5-10H,1-4H3. The van der Waals surface area contributed by atoms with Gasteiger partial charge < -0.3 is 4.67 Å². The molecule has 2 aromatic carbocycles. The molecular formula is C16H18NOP. The molecule has 0 N–H and O–H groups in total. The Bertz CT molecular complexity index is 721. The van der Waals surface area contributed by atoms with E-state index in [4.69, 9.17) is 0 Å². The smallest absolute Gasteiger partial charge is 0.198 e. The van der Waals surface area contributed by atoms with Gasteiger partial charge in [-0.15, -0.1) is 0 Å². The van der Waals surface area contributed by atoms with Gasteiger partial charge in [0.1, 0.15) is 0 Å². The summed E-state index contributed by atoms with van der Waals surface area (Å²) in [7, 11) is -0.579. The van der Waals surface area contributed by atoms with E-state index in [2.05, 4.69) is 43.3 Å². The van der Waals surface area contributed by atoms with Gasteiger partial charge >= 0.3 is 0 Å². The van der Waals surface area contributed by atoms with E-state index in [1.165, 1.54) is 11.1 Å². The summed E-state index contributed by atoms with van der Waals surface area (Å²) in [6, 6.07) is 12.6. The number of rotatable bonds is 0. The molecule has 2 aromatic rings. The highest BCUT2D eigenvalue weighted by Gasteiger charge is 2.34. The lowest BCUT2D eigenvalue weighted by Crippen LogP contribution is -2.27. The van der Waals surface area contributed by atoms with Crippen molar-refractivity contribution in [2.45, 2.75) is 13.8 Å². The molecule has 1 aliphatic heterocycles. The van der Waals surface area contributed by atoms with E-state index in [-0.39, 0.29) is 0 Å². The fourth-order valence-electron chi connectivity index (χ4n) is 2.72. The van der Waals surface area contributed by atoms with Crippen LogP contribution < -0.4 is 9.97 Å². The third-order valence-corrected chi connectivity index (χ3v) is 6.59. The van der Waals surface area contributed by atoms with Crippen molar-refractivity contribution >= 4 is 18.3 Å². The number of benzene rings is 2. The molecule has 0 amide bonds. The normalized spacial score (nSPS) is 20.9. The molecule has 0 saturated heterocycles. The molecular weight excluding hydrogens is 253 g/mol. The van der Waals surface area contributed by atoms with Crippen molar-refractivity contribution < 1.29 is 4.57 Å². The fraction of sp³-hybridized carbons (Fsp3) is 0.250. The average molecular weight is 271 g/mol. The van der Waals surface area contributed by atoms with Crippen LogP contribution in [-0.2, 0) is 4.57 Å². The summed E-state index contributed by atoms with van der Waals surface area (Å²) in [5, 5.41) is 0.978. The lowest BCUT2D eigenvalue weighted by Gasteiger charge is -2.35. The van der Waals surface area contributed by atoms with Gasteiger partial charge in [-0.1, -0.05) is 29.8 Å². The van der Waals surface area contributed by atoms with Crippen LogP contribution in [0.3, 0.4) is 0 Å². The van der Waals surface area contributed by atoms with Crippen molar-refractivity contribution in [1.82, 2.24) is 0 Å². The molecule has 3 rings (SSSR count). The Hall–Kier alpha value is -1.53. The van der Waals surface area contributed by atoms with E-state index in [1.54, 1.807) is 0 Å². The SMILES string of the molecule is Cc1ccc2c(c1)N(C)P(C)(=O)c1cc(C)ccc1-2. The molecule has 3 heteroatoms. The van der Waals surface area contributed by atoms with E-state index < -0.39 is 7.29 Å². The number of hydrogen-bond donors (Lipinski definition) is 0. The zero-order chi connectivity index (χ0) is 13.8. The van der Waals surface area contributed by atoms with Crippen LogP contribution in [0.4, 0.5) is 5.69 Å². The summed E-state index contributed by atoms with van der Waals surface area (Å²) in [5.74, 6) is 0. The van der Waals surface area contributed by atoms with Crippen molar-refractivity contribution in [2.24, 2.45) is 0 Å². The minimum absolute atomic E-state index is 0.978. The van der Waals surface area contributed by atoms with Crippen LogP contribution in [0.2, 0.25) is 0 Å². The number of fused-ring (bicyclic) bond motifs is 3. The molecule has 2 nitrogen and oxygen atoms in total. The summed E-state index contributed by atoms with van der Waals surface area (Å²) in [5.41, 5.74) is 5.72. The zero-order valence-electron chi connectivity index (χ0n) is 11.8. The van der Waals surface area contributed by atoms with Gasteiger partial charge in [-0.3, -0.25) is 4.57 Å². The Labute approximate surface area is 114 Å². The topological polar surface area (TPSA) is 20.3 Å². The van der Waals surface area contributed by atoms with Gasteiger partial charge in [-0.25, -0.2) is 0 Å². The molecule has 0 radical (unpaired) electrons. The summed E-state index contributed by atoms with van der Waals surface area (Å²) in [4.78, 5) is 0. The van der Waals surface area contributed by atoms with Gasteiger partial charge in [0.05, 0.1) is 5.69 Å². The van der Waals surface area contributed by atoms with E-state index in [9.17, 15) is 4.57 Å². The van der Waals surface area contributed by atoms with Gasteiger partial charge in [-0.05, 0) is 37.1 Å². The van der Waals surface area contributed by atoms with Gasteiger partial charge in [0.15, 0.2) is 7.29 Å². The Morgan fingerprint density at radius 3 is 2.21 bits per heavy atom. The van der Waals surface area contributed by atoms with Gasteiger partial charge in [0.2, 0.25) is 0 Å². The molecule has 19 heavy (non-hydrogen) atoms. The predicted octanol–water partition coefficient (Wildman–Crippen LogP) is 3.95. The van der Waals surface area contributed by atoms with Crippen LogP contribution in [0.1, 0.15) is 11.1 Å². The average Bonchev–Trinajstić information content (AvgIpc) is 2.37. The molecule has 0 saturated carbocycles. The molecule has 0 bridgehead atoms. The van der Waals surface area contributed by atoms with Gasteiger partial charge in [0, 0.05) is 24.6 Å². The van der Waals surface area contributed by atoms with Crippen molar-refractivity contribution in [1.29, 1.82) is 0 Å². The first-order chi connectivity index (χ1) is 8.91. The molecule has 1 unspecified atom stereocenters. The maximum atomic E-state index is 13.1. The lowest BCUT2D eigenvalue weighted by molar-refractivity contribution is 0.583. The van der Waals surface area contributed by atoms with Gasteiger partial charge in [-0.2, -0.15) is 0 Å². The summed E-state index contributed by atoms with van der Waals surface area (Å²) >= 11 is 0. The zero-order valence-corrected chi connectivity index (χ0v) is 12.7. The quantitative estimate of drug-likeness (QED) is 0.676. The Kier molecular flexibility index (Phi) is 2.62. The first-order valence-electron chi connectivity index (χ1n) is 6.45. The molecule has 0 spiro atoms. The highest BCUT2D eigenvalue weighted by atomic mass is 31.2. The maximum Gasteiger partial charge on any atom is 0.198 e. The van der Waals surface area contributed by atoms with Gasteiger partial charge in [0.25, 0.3) is 0 Å². The number of nitrogens with zero attached hydrogens (tertiary/aromatic N) is 1. The van der Waals surface area contributed by atoms with Crippen LogP contribution in [0, 0.1) is 13.8 Å². The molecule has 0 fully saturated rings. The molecule has 1 atom stereocenters. The monoisotopic (exact) mass is 271 g/mol. The number of aryl methyl sites for hydroxylation is 2. The van der Waals surface area contributed by atoms with Crippen LogP contribution in [0.25, 0.3) is 11.1 Å². The summed E-state index contributed by atoms with van der Waals surface area (Å²) in [6.45, 7) is 5.97. The number of hydrogen-bond acceptors (Lipinski definition) is 1. The first-order valence-corrected chi connectivity index (χ1v) is 8.56. The third-order valence-electron chi connectivity index (χ3n) is 3.96. The first kappa shape index (κ1) is 12.5. The Morgan fingerprint density at radius 1 is 0.947 bits per heavy atom. The molecule has 0 aromatic heterocycles. The minimum Gasteiger partial charge on any atom is -0.322 e. The second-order valence-electron chi connectivity index (χ2n) is 5.44. The van der Waals surface area contributed by atoms with E-state index in [0.717, 1.165) is 22.1 Å². The molecule has 1 aliphatic rings. The van der Waals surface area contributed by atoms with Crippen molar-refractivity contribution in [3.8, 4) is 11.1 Å². The molecule has 1 heterocycles. The largest absolute Gasteiger partial charge is 0.322 e.